The van der Waals surface area contributed by atoms with Gasteiger partial charge in [-0.05, 0) is 24.6 Å². The predicted octanol–water partition coefficient (Wildman–Crippen LogP) is 2.80. The second-order valence-corrected chi connectivity index (χ2v) is 5.97. The minimum atomic E-state index is 0.185. The van der Waals surface area contributed by atoms with Crippen LogP contribution in [0, 0.1) is 0 Å². The van der Waals surface area contributed by atoms with E-state index in [9.17, 15) is 0 Å². The molecule has 1 aliphatic rings. The molecule has 1 aliphatic heterocycles. The first-order valence-corrected chi connectivity index (χ1v) is 7.72. The van der Waals surface area contributed by atoms with Gasteiger partial charge in [-0.1, -0.05) is 15.9 Å². The number of nitrogens with zero attached hydrogens (tertiary/aromatic N) is 2. The van der Waals surface area contributed by atoms with Crippen molar-refractivity contribution in [3.05, 3.63) is 40.4 Å². The van der Waals surface area contributed by atoms with Crippen molar-refractivity contribution in [1.82, 2.24) is 14.9 Å². The highest BCUT2D eigenvalue weighted by molar-refractivity contribution is 9.10. The molecule has 2 heterocycles. The zero-order valence-electron chi connectivity index (χ0n) is 12.1. The number of benzene rings is 1. The van der Waals surface area contributed by atoms with Gasteiger partial charge in [0.1, 0.15) is 13.2 Å². The first kappa shape index (κ1) is 14.4. The smallest absolute Gasteiger partial charge is 0.162 e. The van der Waals surface area contributed by atoms with Crippen molar-refractivity contribution in [3.63, 3.8) is 0 Å². The molecule has 1 atom stereocenters. The van der Waals surface area contributed by atoms with E-state index in [-0.39, 0.29) is 6.04 Å². The third kappa shape index (κ3) is 3.06. The maximum absolute atomic E-state index is 5.65. The summed E-state index contributed by atoms with van der Waals surface area (Å²) in [5, 5.41) is 3.50. The number of rotatable bonds is 4. The summed E-state index contributed by atoms with van der Waals surface area (Å²) >= 11 is 3.62. The van der Waals surface area contributed by atoms with E-state index in [1.807, 2.05) is 36.3 Å². The highest BCUT2D eigenvalue weighted by Gasteiger charge is 2.18. The van der Waals surface area contributed by atoms with E-state index in [0.29, 0.717) is 13.2 Å². The van der Waals surface area contributed by atoms with Gasteiger partial charge in [0.2, 0.25) is 0 Å². The SMILES string of the molecule is CC(NCc1cncn1C)c1cc2c(cc1Br)OCCO2. The maximum atomic E-state index is 5.65. The van der Waals surface area contributed by atoms with E-state index >= 15 is 0 Å². The van der Waals surface area contributed by atoms with Crippen LogP contribution in [0.1, 0.15) is 24.2 Å². The molecule has 0 bridgehead atoms. The number of ether oxygens (including phenoxy) is 2. The Morgan fingerprint density at radius 3 is 2.71 bits per heavy atom. The Balaban J connectivity index is 1.75. The van der Waals surface area contributed by atoms with Crippen molar-refractivity contribution >= 4 is 15.9 Å². The Labute approximate surface area is 132 Å². The molecular formula is C15H18BrN3O2. The number of imidazole rings is 1. The van der Waals surface area contributed by atoms with Gasteiger partial charge in [-0.15, -0.1) is 0 Å². The lowest BCUT2D eigenvalue weighted by molar-refractivity contribution is 0.171. The van der Waals surface area contributed by atoms with E-state index in [4.69, 9.17) is 9.47 Å². The van der Waals surface area contributed by atoms with Crippen LogP contribution in [-0.4, -0.2) is 22.8 Å². The second kappa shape index (κ2) is 6.07. The van der Waals surface area contributed by atoms with Crippen molar-refractivity contribution in [2.75, 3.05) is 13.2 Å². The lowest BCUT2D eigenvalue weighted by Gasteiger charge is -2.22. The quantitative estimate of drug-likeness (QED) is 0.919. The van der Waals surface area contributed by atoms with E-state index in [1.54, 1.807) is 0 Å². The number of aryl methyl sites for hydroxylation is 1. The molecule has 5 nitrogen and oxygen atoms in total. The van der Waals surface area contributed by atoms with Gasteiger partial charge in [0.05, 0.1) is 12.0 Å². The number of hydrogen-bond donors (Lipinski definition) is 1. The third-order valence-corrected chi connectivity index (χ3v) is 4.32. The molecule has 2 aromatic rings. The molecule has 0 fully saturated rings. The zero-order valence-corrected chi connectivity index (χ0v) is 13.7. The average Bonchev–Trinajstić information content (AvgIpc) is 2.89. The summed E-state index contributed by atoms with van der Waals surface area (Å²) in [4.78, 5) is 4.12. The standard InChI is InChI=1S/C15H18BrN3O2/c1-10(18-8-11-7-17-9-19(11)2)12-5-14-15(6-13(12)16)21-4-3-20-14/h5-7,9-10,18H,3-4,8H2,1-2H3. The minimum Gasteiger partial charge on any atom is -0.486 e. The summed E-state index contributed by atoms with van der Waals surface area (Å²) in [7, 11) is 1.99. The van der Waals surface area contributed by atoms with E-state index < -0.39 is 0 Å². The normalized spacial score (nSPS) is 15.0. The third-order valence-electron chi connectivity index (χ3n) is 3.63. The maximum Gasteiger partial charge on any atom is 0.162 e. The molecule has 0 amide bonds. The molecule has 0 aliphatic carbocycles. The van der Waals surface area contributed by atoms with Gasteiger partial charge in [-0.25, -0.2) is 4.98 Å². The van der Waals surface area contributed by atoms with Crippen LogP contribution in [0.3, 0.4) is 0 Å². The van der Waals surface area contributed by atoms with Crippen LogP contribution in [-0.2, 0) is 13.6 Å². The summed E-state index contributed by atoms with van der Waals surface area (Å²) in [6.45, 7) is 4.10. The molecule has 3 rings (SSSR count). The molecular weight excluding hydrogens is 334 g/mol. The molecule has 6 heteroatoms. The first-order valence-electron chi connectivity index (χ1n) is 6.93. The summed E-state index contributed by atoms with van der Waals surface area (Å²) < 4.78 is 14.3. The lowest BCUT2D eigenvalue weighted by atomic mass is 10.1. The predicted molar refractivity (Wildman–Crippen MR) is 83.6 cm³/mol. The Morgan fingerprint density at radius 1 is 1.33 bits per heavy atom. The fourth-order valence-corrected chi connectivity index (χ4v) is 3.00. The number of aromatic nitrogens is 2. The van der Waals surface area contributed by atoms with Gasteiger partial charge in [0, 0.05) is 30.3 Å². The Morgan fingerprint density at radius 2 is 2.05 bits per heavy atom. The van der Waals surface area contributed by atoms with Gasteiger partial charge in [-0.3, -0.25) is 0 Å². The minimum absolute atomic E-state index is 0.185. The van der Waals surface area contributed by atoms with Crippen LogP contribution in [0.15, 0.2) is 29.1 Å². The molecule has 0 saturated heterocycles. The fraction of sp³-hybridized carbons (Fsp3) is 0.400. The van der Waals surface area contributed by atoms with Crippen LogP contribution in [0.5, 0.6) is 11.5 Å². The van der Waals surface area contributed by atoms with Crippen LogP contribution in [0.2, 0.25) is 0 Å². The molecule has 112 valence electrons. The van der Waals surface area contributed by atoms with E-state index in [0.717, 1.165) is 33.8 Å². The first-order chi connectivity index (χ1) is 10.1. The molecule has 1 aromatic carbocycles. The topological polar surface area (TPSA) is 48.3 Å². The second-order valence-electron chi connectivity index (χ2n) is 5.12. The van der Waals surface area contributed by atoms with Gasteiger partial charge >= 0.3 is 0 Å². The molecule has 21 heavy (non-hydrogen) atoms. The molecule has 0 spiro atoms. The number of halogens is 1. The highest BCUT2D eigenvalue weighted by Crippen LogP contribution is 2.37. The molecule has 1 unspecified atom stereocenters. The van der Waals surface area contributed by atoms with E-state index in [2.05, 4.69) is 33.2 Å². The van der Waals surface area contributed by atoms with Crippen molar-refractivity contribution in [1.29, 1.82) is 0 Å². The summed E-state index contributed by atoms with van der Waals surface area (Å²) in [5.41, 5.74) is 2.30. The molecule has 1 N–H and O–H groups in total. The number of fused-ring (bicyclic) bond motifs is 1. The largest absolute Gasteiger partial charge is 0.486 e. The van der Waals surface area contributed by atoms with Gasteiger partial charge < -0.3 is 19.4 Å². The van der Waals surface area contributed by atoms with Crippen LogP contribution >= 0.6 is 15.9 Å². The van der Waals surface area contributed by atoms with Crippen LogP contribution < -0.4 is 14.8 Å². The van der Waals surface area contributed by atoms with Crippen molar-refractivity contribution in [2.45, 2.75) is 19.5 Å². The number of nitrogens with one attached hydrogen (secondary N) is 1. The lowest BCUT2D eigenvalue weighted by Crippen LogP contribution is -2.21. The molecule has 0 saturated carbocycles. The molecule has 0 radical (unpaired) electrons. The van der Waals surface area contributed by atoms with Crippen LogP contribution in [0.4, 0.5) is 0 Å². The fourth-order valence-electron chi connectivity index (χ4n) is 2.33. The van der Waals surface area contributed by atoms with E-state index in [1.165, 1.54) is 0 Å². The number of hydrogen-bond acceptors (Lipinski definition) is 4. The van der Waals surface area contributed by atoms with Crippen LogP contribution in [0.25, 0.3) is 0 Å². The summed E-state index contributed by atoms with van der Waals surface area (Å²) in [6.07, 6.45) is 3.68. The van der Waals surface area contributed by atoms with Gasteiger partial charge in [0.25, 0.3) is 0 Å². The van der Waals surface area contributed by atoms with Crippen molar-refractivity contribution in [3.8, 4) is 11.5 Å². The van der Waals surface area contributed by atoms with Gasteiger partial charge in [-0.2, -0.15) is 0 Å². The Bertz CT molecular complexity index is 642. The average molecular weight is 352 g/mol. The summed E-state index contributed by atoms with van der Waals surface area (Å²) in [5.74, 6) is 1.62. The summed E-state index contributed by atoms with van der Waals surface area (Å²) in [6, 6.07) is 4.20. The Hall–Kier alpha value is -1.53. The van der Waals surface area contributed by atoms with Crippen molar-refractivity contribution in [2.24, 2.45) is 7.05 Å². The molecule has 1 aromatic heterocycles. The van der Waals surface area contributed by atoms with Gasteiger partial charge in [0.15, 0.2) is 11.5 Å². The van der Waals surface area contributed by atoms with Crippen molar-refractivity contribution < 1.29 is 9.47 Å². The monoisotopic (exact) mass is 351 g/mol. The zero-order chi connectivity index (χ0) is 14.8. The highest BCUT2D eigenvalue weighted by atomic mass is 79.9. The Kier molecular flexibility index (Phi) is 4.17.